The lowest BCUT2D eigenvalue weighted by Gasteiger charge is -2.03. The maximum Gasteiger partial charge on any atom is 0.253 e. The molecule has 122 valence electrons. The minimum atomic E-state index is -0.319. The van der Waals surface area contributed by atoms with Crippen molar-refractivity contribution in [2.75, 3.05) is 6.54 Å². The molecule has 0 atom stereocenters. The second kappa shape index (κ2) is 7.70. The summed E-state index contributed by atoms with van der Waals surface area (Å²) in [5.41, 5.74) is 2.90. The van der Waals surface area contributed by atoms with E-state index in [1.165, 1.54) is 6.20 Å². The highest BCUT2D eigenvalue weighted by molar-refractivity contribution is 5.94. The molecule has 0 aromatic carbocycles. The predicted molar refractivity (Wildman–Crippen MR) is 95.1 cm³/mol. The predicted octanol–water partition coefficient (Wildman–Crippen LogP) is 2.72. The Kier molecular flexibility index (Phi) is 4.98. The van der Waals surface area contributed by atoms with Crippen molar-refractivity contribution in [1.29, 1.82) is 5.26 Å². The van der Waals surface area contributed by atoms with Crippen LogP contribution in [0.2, 0.25) is 0 Å². The molecule has 6 heteroatoms. The molecule has 0 unspecified atom stereocenters. The molecule has 0 spiro atoms. The summed E-state index contributed by atoms with van der Waals surface area (Å²) in [6.07, 6.45) is 18.8. The number of hydrogen-bond acceptors (Lipinski definition) is 4. The van der Waals surface area contributed by atoms with Gasteiger partial charge in [-0.2, -0.15) is 10.4 Å². The highest BCUT2D eigenvalue weighted by Gasteiger charge is 2.08. The first-order valence-corrected chi connectivity index (χ1v) is 7.66. The number of nitriles is 1. The Bertz CT molecular complexity index is 923. The van der Waals surface area contributed by atoms with E-state index in [1.807, 2.05) is 54.8 Å². The zero-order valence-electron chi connectivity index (χ0n) is 13.3. The molecular formula is C19H15N5O. The lowest BCUT2D eigenvalue weighted by molar-refractivity contribution is 0.0958. The van der Waals surface area contributed by atoms with E-state index in [1.54, 1.807) is 23.0 Å². The first kappa shape index (κ1) is 16.1. The summed E-state index contributed by atoms with van der Waals surface area (Å²) in [5, 5.41) is 15.3. The van der Waals surface area contributed by atoms with Gasteiger partial charge in [-0.05, 0) is 24.3 Å². The number of allylic oxidation sites excluding steroid dienone is 8. The van der Waals surface area contributed by atoms with Gasteiger partial charge in [0.05, 0.1) is 29.2 Å². The Labute approximate surface area is 145 Å². The van der Waals surface area contributed by atoms with Crippen molar-refractivity contribution in [2.24, 2.45) is 0 Å². The summed E-state index contributed by atoms with van der Waals surface area (Å²) < 4.78 is 1.77. The van der Waals surface area contributed by atoms with Gasteiger partial charge in [-0.1, -0.05) is 30.4 Å². The average molecular weight is 329 g/mol. The van der Waals surface area contributed by atoms with Crippen molar-refractivity contribution < 1.29 is 4.79 Å². The molecule has 1 aliphatic rings. The van der Waals surface area contributed by atoms with Gasteiger partial charge < -0.3 is 5.32 Å². The van der Waals surface area contributed by atoms with E-state index in [-0.39, 0.29) is 12.5 Å². The molecule has 0 radical (unpaired) electrons. The van der Waals surface area contributed by atoms with Crippen LogP contribution in [0.4, 0.5) is 0 Å². The molecule has 1 aliphatic carbocycles. The minimum absolute atomic E-state index is 0.0282. The maximum atomic E-state index is 11.8. The zero-order chi connectivity index (χ0) is 17.5. The van der Waals surface area contributed by atoms with Gasteiger partial charge in [0.1, 0.15) is 6.54 Å². The van der Waals surface area contributed by atoms with Crippen LogP contribution in [-0.2, 0) is 0 Å². The van der Waals surface area contributed by atoms with Gasteiger partial charge >= 0.3 is 0 Å². The molecule has 0 aliphatic heterocycles. The first-order chi connectivity index (χ1) is 12.3. The molecular weight excluding hydrogens is 314 g/mol. The van der Waals surface area contributed by atoms with Crippen molar-refractivity contribution in [3.05, 3.63) is 78.8 Å². The van der Waals surface area contributed by atoms with Gasteiger partial charge in [-0.3, -0.25) is 9.78 Å². The van der Waals surface area contributed by atoms with Crippen LogP contribution in [0, 0.1) is 11.3 Å². The van der Waals surface area contributed by atoms with Crippen molar-refractivity contribution in [2.45, 2.75) is 0 Å². The number of nitrogens with one attached hydrogen (secondary N) is 1. The molecule has 0 bridgehead atoms. The van der Waals surface area contributed by atoms with Crippen LogP contribution >= 0.6 is 0 Å². The number of carbonyl (C=O) groups excluding carboxylic acids is 1. The molecule has 0 saturated heterocycles. The molecule has 1 N–H and O–H groups in total. The zero-order valence-corrected chi connectivity index (χ0v) is 13.3. The summed E-state index contributed by atoms with van der Waals surface area (Å²) in [6.45, 7) is -0.0282. The van der Waals surface area contributed by atoms with Gasteiger partial charge in [0.2, 0.25) is 0 Å². The number of rotatable bonds is 4. The second-order valence-corrected chi connectivity index (χ2v) is 5.17. The standard InChI is InChI=1S/C19H15N5O/c20-10-11-21-19(25)15-8-9-18(22-12-15)16-13-23-24(14-16)17-6-4-2-1-3-5-7-17/h1-9,12-14H,11H2,(H,21,25). The molecule has 1 amide bonds. The van der Waals surface area contributed by atoms with Crippen molar-refractivity contribution in [3.8, 4) is 17.3 Å². The van der Waals surface area contributed by atoms with Crippen LogP contribution in [-0.4, -0.2) is 27.2 Å². The first-order valence-electron chi connectivity index (χ1n) is 7.66. The van der Waals surface area contributed by atoms with E-state index in [9.17, 15) is 4.79 Å². The van der Waals surface area contributed by atoms with Crippen LogP contribution in [0.1, 0.15) is 10.4 Å². The third kappa shape index (κ3) is 3.98. The Balaban J connectivity index is 1.78. The van der Waals surface area contributed by atoms with Crippen molar-refractivity contribution in [3.63, 3.8) is 0 Å². The van der Waals surface area contributed by atoms with E-state index < -0.39 is 0 Å². The molecule has 0 fully saturated rings. The highest BCUT2D eigenvalue weighted by Crippen LogP contribution is 2.19. The van der Waals surface area contributed by atoms with Gasteiger partial charge in [-0.25, -0.2) is 4.68 Å². The quantitative estimate of drug-likeness (QED) is 0.874. The van der Waals surface area contributed by atoms with Crippen LogP contribution in [0.25, 0.3) is 17.0 Å². The summed E-state index contributed by atoms with van der Waals surface area (Å²) in [6, 6.07) is 5.30. The van der Waals surface area contributed by atoms with E-state index in [4.69, 9.17) is 5.26 Å². The molecule has 25 heavy (non-hydrogen) atoms. The summed E-state index contributed by atoms with van der Waals surface area (Å²) >= 11 is 0. The Morgan fingerprint density at radius 2 is 2.00 bits per heavy atom. The number of carbonyl (C=O) groups is 1. The van der Waals surface area contributed by atoms with Crippen LogP contribution in [0.3, 0.4) is 0 Å². The highest BCUT2D eigenvalue weighted by atomic mass is 16.1. The number of nitrogens with zero attached hydrogens (tertiary/aromatic N) is 4. The fourth-order valence-electron chi connectivity index (χ4n) is 2.23. The van der Waals surface area contributed by atoms with Gasteiger partial charge in [0.15, 0.2) is 0 Å². The van der Waals surface area contributed by atoms with Gasteiger partial charge in [-0.15, -0.1) is 0 Å². The average Bonchev–Trinajstić information content (AvgIpc) is 3.09. The van der Waals surface area contributed by atoms with Gasteiger partial charge in [0, 0.05) is 18.0 Å². The number of hydrogen-bond donors (Lipinski definition) is 1. The smallest absolute Gasteiger partial charge is 0.253 e. The van der Waals surface area contributed by atoms with Crippen LogP contribution in [0.5, 0.6) is 0 Å². The van der Waals surface area contributed by atoms with Crippen molar-refractivity contribution in [1.82, 2.24) is 20.1 Å². The summed E-state index contributed by atoms with van der Waals surface area (Å²) in [7, 11) is 0. The molecule has 2 heterocycles. The van der Waals surface area contributed by atoms with Gasteiger partial charge in [0.25, 0.3) is 5.91 Å². The monoisotopic (exact) mass is 329 g/mol. The molecule has 2 aromatic heterocycles. The largest absolute Gasteiger partial charge is 0.339 e. The van der Waals surface area contributed by atoms with Crippen molar-refractivity contribution >= 4 is 11.6 Å². The SMILES string of the molecule is N#CCNC(=O)c1ccc(-c2cnn(C3=CC=CC=CC=C3)c2)nc1. The Morgan fingerprint density at radius 3 is 2.80 bits per heavy atom. The minimum Gasteiger partial charge on any atom is -0.339 e. The maximum absolute atomic E-state index is 11.8. The summed E-state index contributed by atoms with van der Waals surface area (Å²) in [4.78, 5) is 16.1. The fourth-order valence-corrected chi connectivity index (χ4v) is 2.23. The third-order valence-corrected chi connectivity index (χ3v) is 3.47. The molecule has 3 rings (SSSR count). The van der Waals surface area contributed by atoms with E-state index in [0.29, 0.717) is 11.3 Å². The van der Waals surface area contributed by atoms with Crippen LogP contribution in [0.15, 0.2) is 73.3 Å². The third-order valence-electron chi connectivity index (χ3n) is 3.47. The number of amides is 1. The Hall–Kier alpha value is -3.72. The lowest BCUT2D eigenvalue weighted by Crippen LogP contribution is -2.23. The number of aromatic nitrogens is 3. The van der Waals surface area contributed by atoms with E-state index in [2.05, 4.69) is 15.4 Å². The molecule has 0 saturated carbocycles. The Morgan fingerprint density at radius 1 is 1.16 bits per heavy atom. The fraction of sp³-hybridized carbons (Fsp3) is 0.0526. The normalized spacial score (nSPS) is 12.8. The topological polar surface area (TPSA) is 83.6 Å². The lowest BCUT2D eigenvalue weighted by atomic mass is 10.2. The second-order valence-electron chi connectivity index (χ2n) is 5.17. The number of pyridine rings is 1. The molecule has 6 nitrogen and oxygen atoms in total. The summed E-state index contributed by atoms with van der Waals surface area (Å²) in [5.74, 6) is -0.319. The molecule has 2 aromatic rings. The van der Waals surface area contributed by atoms with E-state index in [0.717, 1.165) is 11.3 Å². The van der Waals surface area contributed by atoms with Crippen LogP contribution < -0.4 is 5.32 Å². The van der Waals surface area contributed by atoms with E-state index >= 15 is 0 Å².